The Kier molecular flexibility index (Phi) is 10.2. The molecule has 3 unspecified atom stereocenters. The average molecular weight is 743 g/mol. The number of fused-ring (bicyclic) bond motifs is 3. The zero-order valence-electron chi connectivity index (χ0n) is 30.5. The van der Waals surface area contributed by atoms with Crippen LogP contribution in [0.1, 0.15) is 84.8 Å². The molecule has 4 aromatic rings. The van der Waals surface area contributed by atoms with E-state index in [1.54, 1.807) is 57.8 Å². The number of hydrogen-bond donors (Lipinski definition) is 5. The molecular formula is C39H46N6O7S. The Morgan fingerprint density at radius 1 is 0.981 bits per heavy atom. The lowest BCUT2D eigenvalue weighted by Crippen LogP contribution is -2.60. The van der Waals surface area contributed by atoms with Gasteiger partial charge < -0.3 is 35.4 Å². The van der Waals surface area contributed by atoms with E-state index >= 15 is 0 Å². The van der Waals surface area contributed by atoms with Crippen molar-refractivity contribution in [3.63, 3.8) is 0 Å². The van der Waals surface area contributed by atoms with E-state index in [4.69, 9.17) is 9.88 Å². The van der Waals surface area contributed by atoms with E-state index in [1.165, 1.54) is 12.1 Å². The molecule has 0 spiro atoms. The van der Waals surface area contributed by atoms with E-state index in [1.807, 2.05) is 36.4 Å². The molecule has 3 amide bonds. The van der Waals surface area contributed by atoms with Gasteiger partial charge in [0.25, 0.3) is 5.91 Å². The van der Waals surface area contributed by atoms with Gasteiger partial charge >= 0.3 is 6.09 Å². The first-order valence-electron chi connectivity index (χ1n) is 17.6. The van der Waals surface area contributed by atoms with Gasteiger partial charge in [-0.2, -0.15) is 0 Å². The van der Waals surface area contributed by atoms with Crippen LogP contribution in [0.3, 0.4) is 0 Å². The van der Waals surface area contributed by atoms with E-state index in [0.717, 1.165) is 39.4 Å². The Balaban J connectivity index is 1.31. The second-order valence-corrected chi connectivity index (χ2v) is 16.8. The Hall–Kier alpha value is -5.05. The molecule has 0 radical (unpaired) electrons. The molecular weight excluding hydrogens is 697 g/mol. The van der Waals surface area contributed by atoms with Crippen LogP contribution in [-0.4, -0.2) is 72.8 Å². The number of primary sulfonamides is 1. The Labute approximate surface area is 309 Å². The van der Waals surface area contributed by atoms with Crippen molar-refractivity contribution in [2.24, 2.45) is 5.14 Å². The number of amides is 3. The third-order valence-corrected chi connectivity index (χ3v) is 10.8. The molecule has 53 heavy (non-hydrogen) atoms. The highest BCUT2D eigenvalue weighted by Gasteiger charge is 2.40. The van der Waals surface area contributed by atoms with Crippen LogP contribution in [0.4, 0.5) is 4.79 Å². The molecule has 13 nitrogen and oxygen atoms in total. The molecule has 0 saturated carbocycles. The van der Waals surface area contributed by atoms with Crippen molar-refractivity contribution in [2.75, 3.05) is 13.1 Å². The second kappa shape index (κ2) is 14.4. The number of H-pyrrole nitrogens is 1. The number of benzene rings is 3. The summed E-state index contributed by atoms with van der Waals surface area (Å²) in [5.41, 5.74) is 3.25. The highest BCUT2D eigenvalue weighted by molar-refractivity contribution is 7.89. The number of carbonyl (C=O) groups is 4. The minimum atomic E-state index is -3.89. The molecule has 6 rings (SSSR count). The van der Waals surface area contributed by atoms with Crippen molar-refractivity contribution in [1.29, 1.82) is 0 Å². The van der Waals surface area contributed by atoms with Crippen LogP contribution in [0.5, 0.6) is 0 Å². The number of nitrogens with one attached hydrogen (secondary N) is 4. The highest BCUT2D eigenvalue weighted by Crippen LogP contribution is 2.36. The van der Waals surface area contributed by atoms with Crippen molar-refractivity contribution >= 4 is 45.1 Å². The Bertz CT molecular complexity index is 2190. The fourth-order valence-electron chi connectivity index (χ4n) is 7.17. The van der Waals surface area contributed by atoms with Crippen LogP contribution < -0.4 is 21.1 Å². The summed E-state index contributed by atoms with van der Waals surface area (Å²) in [6, 6.07) is 16.5. The van der Waals surface area contributed by atoms with Gasteiger partial charge in [-0.05, 0) is 112 Å². The maximum Gasteiger partial charge on any atom is 0.408 e. The predicted octanol–water partition coefficient (Wildman–Crippen LogP) is 3.97. The summed E-state index contributed by atoms with van der Waals surface area (Å²) >= 11 is 0. The minimum absolute atomic E-state index is 0.00444. The van der Waals surface area contributed by atoms with Crippen LogP contribution in [0.2, 0.25) is 0 Å². The topological polar surface area (TPSA) is 193 Å². The fourth-order valence-corrected chi connectivity index (χ4v) is 7.73. The van der Waals surface area contributed by atoms with Gasteiger partial charge in [-0.3, -0.25) is 9.59 Å². The van der Waals surface area contributed by atoms with E-state index in [9.17, 15) is 27.6 Å². The van der Waals surface area contributed by atoms with Crippen LogP contribution in [0.25, 0.3) is 10.9 Å². The number of nitrogens with two attached hydrogens (primary N) is 1. The normalized spacial score (nSPS) is 17.2. The number of nitrogens with zero attached hydrogens (tertiary/aromatic N) is 1. The van der Waals surface area contributed by atoms with E-state index in [0.29, 0.717) is 37.1 Å². The molecule has 6 N–H and O–H groups in total. The second-order valence-electron chi connectivity index (χ2n) is 15.3. The van der Waals surface area contributed by atoms with Gasteiger partial charge in [0.05, 0.1) is 22.9 Å². The molecule has 2 aliphatic heterocycles. The highest BCUT2D eigenvalue weighted by atomic mass is 32.2. The zero-order chi connectivity index (χ0) is 38.3. The molecule has 0 aliphatic carbocycles. The first-order chi connectivity index (χ1) is 24.9. The zero-order valence-corrected chi connectivity index (χ0v) is 31.3. The van der Waals surface area contributed by atoms with Crippen molar-refractivity contribution in [2.45, 2.75) is 88.0 Å². The van der Waals surface area contributed by atoms with Crippen LogP contribution >= 0.6 is 0 Å². The number of aldehydes is 1. The van der Waals surface area contributed by atoms with Gasteiger partial charge in [0.15, 0.2) is 0 Å². The van der Waals surface area contributed by atoms with E-state index in [-0.39, 0.29) is 17.3 Å². The number of carbonyl (C=O) groups excluding carboxylic acids is 4. The molecule has 0 fully saturated rings. The predicted molar refractivity (Wildman–Crippen MR) is 200 cm³/mol. The smallest absolute Gasteiger partial charge is 0.408 e. The average Bonchev–Trinajstić information content (AvgIpc) is 3.52. The minimum Gasteiger partial charge on any atom is -0.444 e. The summed E-state index contributed by atoms with van der Waals surface area (Å²) in [5.74, 6) is -1.52. The number of alkyl carbamates (subject to hydrolysis) is 1. The molecule has 3 heterocycles. The van der Waals surface area contributed by atoms with Crippen molar-refractivity contribution in [3.05, 3.63) is 100 Å². The number of sulfonamides is 1. The fraction of sp³-hybridized carbons (Fsp3) is 0.385. The summed E-state index contributed by atoms with van der Waals surface area (Å²) in [6.07, 6.45) is 3.03. The summed E-state index contributed by atoms with van der Waals surface area (Å²) in [5, 5.41) is 15.5. The standard InChI is InChI=1S/C39H46N6O7S/c1-38(2,3)52-37(49)44-39(4,5)36(48)43-34(31(22-46)30-20-42-32-9-7-6-8-29(30)32)33-28-13-11-25(18-24(28)14-16-41-33)35(47)45-17-15-23-10-12-27(53(40,50)51)19-26(23)21-45/h6-13,18-20,22,31,33-34,41-42H,14-17,21H2,1-5H3,(H,43,48)(H,44,49)(H2,40,50,51). The Morgan fingerprint density at radius 3 is 2.45 bits per heavy atom. The van der Waals surface area contributed by atoms with Crippen LogP contribution in [0.15, 0.2) is 71.8 Å². The van der Waals surface area contributed by atoms with Gasteiger partial charge in [0, 0.05) is 35.8 Å². The molecule has 1 aromatic heterocycles. The molecule has 0 bridgehead atoms. The first-order valence-corrected chi connectivity index (χ1v) is 19.1. The van der Waals surface area contributed by atoms with Gasteiger partial charge in [-0.1, -0.05) is 30.3 Å². The maximum atomic E-state index is 14.0. The van der Waals surface area contributed by atoms with Crippen molar-refractivity contribution < 1.29 is 32.3 Å². The number of aromatic amines is 1. The lowest BCUT2D eigenvalue weighted by molar-refractivity contribution is -0.127. The molecule has 280 valence electrons. The largest absolute Gasteiger partial charge is 0.444 e. The third kappa shape index (κ3) is 8.14. The number of para-hydroxylation sites is 1. The lowest BCUT2D eigenvalue weighted by atomic mass is 9.80. The van der Waals surface area contributed by atoms with Gasteiger partial charge in [-0.25, -0.2) is 18.4 Å². The van der Waals surface area contributed by atoms with Gasteiger partial charge in [0.2, 0.25) is 15.9 Å². The summed E-state index contributed by atoms with van der Waals surface area (Å²) < 4.78 is 29.4. The molecule has 2 aliphatic rings. The lowest BCUT2D eigenvalue weighted by Gasteiger charge is -2.38. The maximum absolute atomic E-state index is 14.0. The quantitative estimate of drug-likeness (QED) is 0.159. The van der Waals surface area contributed by atoms with Crippen molar-refractivity contribution in [3.8, 4) is 0 Å². The number of rotatable bonds is 9. The molecule has 0 saturated heterocycles. The Morgan fingerprint density at radius 2 is 1.74 bits per heavy atom. The SMILES string of the molecule is CC(C)(C)OC(=O)NC(C)(C)C(=O)NC(C(C=O)c1c[nH]c2ccccc12)C1NCCc2cc(C(=O)N3CCc4ccc(S(N)(=O)=O)cc4C3)ccc21. The van der Waals surface area contributed by atoms with Crippen molar-refractivity contribution in [1.82, 2.24) is 25.8 Å². The first kappa shape index (κ1) is 37.7. The summed E-state index contributed by atoms with van der Waals surface area (Å²) in [6.45, 7) is 9.55. The van der Waals surface area contributed by atoms with Gasteiger partial charge in [-0.15, -0.1) is 0 Å². The molecule has 3 aromatic carbocycles. The summed E-state index contributed by atoms with van der Waals surface area (Å²) in [7, 11) is -3.89. The van der Waals surface area contributed by atoms with E-state index in [2.05, 4.69) is 20.9 Å². The van der Waals surface area contributed by atoms with Crippen LogP contribution in [-0.2, 0) is 43.7 Å². The molecule has 3 atom stereocenters. The van der Waals surface area contributed by atoms with Gasteiger partial charge in [0.1, 0.15) is 17.4 Å². The molecule has 14 heteroatoms. The number of hydrogen-bond acceptors (Lipinski definition) is 8. The third-order valence-electron chi connectivity index (χ3n) is 9.84. The monoisotopic (exact) mass is 742 g/mol. The van der Waals surface area contributed by atoms with E-state index < -0.39 is 51.2 Å². The number of aromatic nitrogens is 1. The summed E-state index contributed by atoms with van der Waals surface area (Å²) in [4.78, 5) is 58.7. The van der Waals surface area contributed by atoms with Crippen LogP contribution in [0, 0.1) is 0 Å². The number of ether oxygens (including phenoxy) is 1.